The van der Waals surface area contributed by atoms with Crippen LogP contribution in [0.1, 0.15) is 23.7 Å². The third-order valence-corrected chi connectivity index (χ3v) is 2.82. The average Bonchev–Trinajstić information content (AvgIpc) is 2.63. The molecule has 0 fully saturated rings. The van der Waals surface area contributed by atoms with E-state index in [4.69, 9.17) is 0 Å². The van der Waals surface area contributed by atoms with Gasteiger partial charge in [0, 0.05) is 11.1 Å². The number of hydrogen-bond donors (Lipinski definition) is 1. The lowest BCUT2D eigenvalue weighted by atomic mass is 10.4. The van der Waals surface area contributed by atoms with Gasteiger partial charge in [-0.3, -0.25) is 4.79 Å². The van der Waals surface area contributed by atoms with Crippen LogP contribution in [0.4, 0.5) is 0 Å². The Morgan fingerprint density at radius 1 is 1.71 bits per heavy atom. The van der Waals surface area contributed by atoms with Crippen LogP contribution in [0.3, 0.4) is 0 Å². The van der Waals surface area contributed by atoms with Gasteiger partial charge in [0.2, 0.25) is 5.91 Å². The minimum absolute atomic E-state index is 0.0688. The fourth-order valence-electron chi connectivity index (χ4n) is 0.966. The van der Waals surface area contributed by atoms with E-state index in [-0.39, 0.29) is 5.91 Å². The number of aryl methyl sites for hydroxylation is 1. The summed E-state index contributed by atoms with van der Waals surface area (Å²) in [5, 5.41) is 3.72. The molecule has 0 atom stereocenters. The molecule has 0 aliphatic carbocycles. The standard InChI is InChI=1S/C10H14N2OS/c1-3-5-9(13)11-7-10-12-6-8(4-2)14-10/h3,5-6H,4,7H2,1-2H3,(H,11,13)/b5-3+. The summed E-state index contributed by atoms with van der Waals surface area (Å²) in [6.07, 6.45) is 6.09. The third-order valence-electron chi connectivity index (χ3n) is 1.68. The number of nitrogens with zero attached hydrogens (tertiary/aromatic N) is 1. The summed E-state index contributed by atoms with van der Waals surface area (Å²) < 4.78 is 0. The van der Waals surface area contributed by atoms with Gasteiger partial charge in [0.1, 0.15) is 5.01 Å². The maximum atomic E-state index is 11.1. The van der Waals surface area contributed by atoms with E-state index < -0.39 is 0 Å². The molecule has 1 aromatic rings. The summed E-state index contributed by atoms with van der Waals surface area (Å²) in [5.41, 5.74) is 0. The number of carbonyl (C=O) groups excluding carboxylic acids is 1. The minimum Gasteiger partial charge on any atom is -0.346 e. The maximum Gasteiger partial charge on any atom is 0.243 e. The van der Waals surface area contributed by atoms with Crippen LogP contribution in [0.25, 0.3) is 0 Å². The number of aromatic nitrogens is 1. The smallest absolute Gasteiger partial charge is 0.243 e. The van der Waals surface area contributed by atoms with Gasteiger partial charge in [-0.25, -0.2) is 4.98 Å². The highest BCUT2D eigenvalue weighted by Gasteiger charge is 2.01. The van der Waals surface area contributed by atoms with Crippen molar-refractivity contribution in [1.82, 2.24) is 10.3 Å². The van der Waals surface area contributed by atoms with Crippen molar-refractivity contribution in [3.05, 3.63) is 28.2 Å². The van der Waals surface area contributed by atoms with Crippen LogP contribution in [-0.2, 0) is 17.8 Å². The van der Waals surface area contributed by atoms with Gasteiger partial charge in [0.25, 0.3) is 0 Å². The van der Waals surface area contributed by atoms with E-state index in [0.717, 1.165) is 11.4 Å². The van der Waals surface area contributed by atoms with Crippen molar-refractivity contribution in [2.45, 2.75) is 26.8 Å². The SMILES string of the molecule is C/C=C/C(=O)NCc1ncc(CC)s1. The zero-order chi connectivity index (χ0) is 10.4. The Hall–Kier alpha value is -1.16. The van der Waals surface area contributed by atoms with Crippen LogP contribution in [0.5, 0.6) is 0 Å². The minimum atomic E-state index is -0.0688. The summed E-state index contributed by atoms with van der Waals surface area (Å²) >= 11 is 1.64. The van der Waals surface area contributed by atoms with Crippen molar-refractivity contribution in [2.75, 3.05) is 0 Å². The number of nitrogens with one attached hydrogen (secondary N) is 1. The lowest BCUT2D eigenvalue weighted by Gasteiger charge is -1.96. The van der Waals surface area contributed by atoms with E-state index in [0.29, 0.717) is 6.54 Å². The van der Waals surface area contributed by atoms with Crippen molar-refractivity contribution in [1.29, 1.82) is 0 Å². The largest absolute Gasteiger partial charge is 0.346 e. The van der Waals surface area contributed by atoms with Crippen LogP contribution >= 0.6 is 11.3 Å². The van der Waals surface area contributed by atoms with Crippen LogP contribution in [0.2, 0.25) is 0 Å². The molecule has 0 saturated heterocycles. The van der Waals surface area contributed by atoms with E-state index in [1.54, 1.807) is 17.4 Å². The molecule has 0 aromatic carbocycles. The van der Waals surface area contributed by atoms with Crippen molar-refractivity contribution >= 4 is 17.2 Å². The summed E-state index contributed by atoms with van der Waals surface area (Å²) in [6.45, 7) is 4.43. The summed E-state index contributed by atoms with van der Waals surface area (Å²) in [4.78, 5) is 16.5. The Labute approximate surface area is 87.9 Å². The van der Waals surface area contributed by atoms with Gasteiger partial charge in [0.15, 0.2) is 0 Å². The fraction of sp³-hybridized carbons (Fsp3) is 0.400. The molecular weight excluding hydrogens is 196 g/mol. The summed E-state index contributed by atoms with van der Waals surface area (Å²) in [6, 6.07) is 0. The van der Waals surface area contributed by atoms with Crippen molar-refractivity contribution in [3.8, 4) is 0 Å². The molecule has 1 rings (SSSR count). The Morgan fingerprint density at radius 3 is 3.07 bits per heavy atom. The number of hydrogen-bond acceptors (Lipinski definition) is 3. The number of thiazole rings is 1. The first kappa shape index (κ1) is 10.9. The molecule has 1 N–H and O–H groups in total. The first-order chi connectivity index (χ1) is 6.76. The lowest BCUT2D eigenvalue weighted by molar-refractivity contribution is -0.116. The first-order valence-corrected chi connectivity index (χ1v) is 5.42. The Kier molecular flexibility index (Phi) is 4.32. The summed E-state index contributed by atoms with van der Waals surface area (Å²) in [7, 11) is 0. The highest BCUT2D eigenvalue weighted by atomic mass is 32.1. The Balaban J connectivity index is 2.41. The molecule has 1 heterocycles. The Morgan fingerprint density at radius 2 is 2.50 bits per heavy atom. The second-order valence-corrected chi connectivity index (χ2v) is 3.99. The van der Waals surface area contributed by atoms with Gasteiger partial charge in [-0.1, -0.05) is 13.0 Å². The van der Waals surface area contributed by atoms with Crippen molar-refractivity contribution < 1.29 is 4.79 Å². The van der Waals surface area contributed by atoms with E-state index in [1.807, 2.05) is 13.1 Å². The van der Waals surface area contributed by atoms with Gasteiger partial charge >= 0.3 is 0 Å². The van der Waals surface area contributed by atoms with E-state index >= 15 is 0 Å². The zero-order valence-corrected chi connectivity index (χ0v) is 9.23. The van der Waals surface area contributed by atoms with Crippen molar-refractivity contribution in [2.24, 2.45) is 0 Å². The normalized spacial score (nSPS) is 10.7. The number of amides is 1. The predicted octanol–water partition coefficient (Wildman–Crippen LogP) is 1.90. The zero-order valence-electron chi connectivity index (χ0n) is 8.41. The van der Waals surface area contributed by atoms with Gasteiger partial charge < -0.3 is 5.32 Å². The first-order valence-electron chi connectivity index (χ1n) is 4.60. The molecule has 76 valence electrons. The van der Waals surface area contributed by atoms with Crippen LogP contribution in [0.15, 0.2) is 18.3 Å². The molecule has 0 aliphatic heterocycles. The molecule has 0 radical (unpaired) electrons. The molecular formula is C10H14N2OS. The van der Waals surface area contributed by atoms with Gasteiger partial charge in [-0.05, 0) is 19.4 Å². The lowest BCUT2D eigenvalue weighted by Crippen LogP contribution is -2.19. The van der Waals surface area contributed by atoms with Gasteiger partial charge in [-0.2, -0.15) is 0 Å². The van der Waals surface area contributed by atoms with Crippen LogP contribution in [0, 0.1) is 0 Å². The number of carbonyl (C=O) groups is 1. The van der Waals surface area contributed by atoms with Crippen LogP contribution in [-0.4, -0.2) is 10.9 Å². The van der Waals surface area contributed by atoms with Gasteiger partial charge in [0.05, 0.1) is 6.54 Å². The molecule has 0 saturated carbocycles. The Bertz CT molecular complexity index is 331. The van der Waals surface area contributed by atoms with Crippen LogP contribution < -0.4 is 5.32 Å². The van der Waals surface area contributed by atoms with Crippen molar-refractivity contribution in [3.63, 3.8) is 0 Å². The average molecular weight is 210 g/mol. The molecule has 4 heteroatoms. The second-order valence-electron chi connectivity index (χ2n) is 2.79. The van der Waals surface area contributed by atoms with Gasteiger partial charge in [-0.15, -0.1) is 11.3 Å². The van der Waals surface area contributed by atoms with E-state index in [2.05, 4.69) is 17.2 Å². The second kappa shape index (κ2) is 5.54. The molecule has 0 bridgehead atoms. The highest BCUT2D eigenvalue weighted by molar-refractivity contribution is 7.11. The summed E-state index contributed by atoms with van der Waals surface area (Å²) in [5.74, 6) is -0.0688. The molecule has 0 spiro atoms. The van der Waals surface area contributed by atoms with E-state index in [1.165, 1.54) is 11.0 Å². The quantitative estimate of drug-likeness (QED) is 0.771. The number of rotatable bonds is 4. The topological polar surface area (TPSA) is 42.0 Å². The van der Waals surface area contributed by atoms with E-state index in [9.17, 15) is 4.79 Å². The molecule has 14 heavy (non-hydrogen) atoms. The molecule has 1 amide bonds. The highest BCUT2D eigenvalue weighted by Crippen LogP contribution is 2.12. The maximum absolute atomic E-state index is 11.1. The predicted molar refractivity (Wildman–Crippen MR) is 58.2 cm³/mol. The molecule has 0 aliphatic rings. The third kappa shape index (κ3) is 3.30. The number of allylic oxidation sites excluding steroid dienone is 1. The molecule has 3 nitrogen and oxygen atoms in total. The molecule has 1 aromatic heterocycles. The monoisotopic (exact) mass is 210 g/mol. The molecule has 0 unspecified atom stereocenters. The fourth-order valence-corrected chi connectivity index (χ4v) is 1.77.